The molecule has 6 heteroatoms. The fraction of sp³-hybridized carbons (Fsp3) is 0.385. The van der Waals surface area contributed by atoms with E-state index in [4.69, 9.17) is 10.00 Å². The summed E-state index contributed by atoms with van der Waals surface area (Å²) < 4.78 is 18.7. The van der Waals surface area contributed by atoms with E-state index in [2.05, 4.69) is 21.2 Å². The number of hydrogen-bond donors (Lipinski definition) is 1. The van der Waals surface area contributed by atoms with Crippen molar-refractivity contribution in [2.75, 3.05) is 18.5 Å². The molecular formula is C13H14BrFN2O2. The molecule has 1 N–H and O–H groups in total. The molecule has 0 saturated carbocycles. The molecule has 0 fully saturated rings. The third kappa shape index (κ3) is 4.52. The van der Waals surface area contributed by atoms with Gasteiger partial charge in [0.05, 0.1) is 22.3 Å². The Bertz CT molecular complexity index is 500. The van der Waals surface area contributed by atoms with Crippen LogP contribution in [0.15, 0.2) is 16.6 Å². The highest BCUT2D eigenvalue weighted by Gasteiger charge is 2.10. The molecule has 1 aromatic carbocycles. The van der Waals surface area contributed by atoms with E-state index in [9.17, 15) is 9.18 Å². The Morgan fingerprint density at radius 1 is 1.58 bits per heavy atom. The zero-order valence-electron chi connectivity index (χ0n) is 10.5. The molecular weight excluding hydrogens is 315 g/mol. The van der Waals surface area contributed by atoms with Crippen LogP contribution < -0.4 is 5.32 Å². The van der Waals surface area contributed by atoms with E-state index in [1.807, 2.05) is 6.07 Å². The van der Waals surface area contributed by atoms with E-state index in [0.717, 1.165) is 0 Å². The predicted molar refractivity (Wildman–Crippen MR) is 73.2 cm³/mol. The Morgan fingerprint density at radius 3 is 2.95 bits per heavy atom. The molecule has 0 aliphatic carbocycles. The molecule has 0 saturated heterocycles. The van der Waals surface area contributed by atoms with E-state index in [1.165, 1.54) is 12.1 Å². The minimum absolute atomic E-state index is 0.144. The van der Waals surface area contributed by atoms with Gasteiger partial charge in [0, 0.05) is 13.0 Å². The van der Waals surface area contributed by atoms with Crippen LogP contribution in [0.2, 0.25) is 0 Å². The number of hydrogen-bond acceptors (Lipinski definition) is 4. The van der Waals surface area contributed by atoms with E-state index in [0.29, 0.717) is 31.7 Å². The Morgan fingerprint density at radius 2 is 2.32 bits per heavy atom. The van der Waals surface area contributed by atoms with Gasteiger partial charge in [-0.1, -0.05) is 0 Å². The largest absolute Gasteiger partial charge is 0.466 e. The van der Waals surface area contributed by atoms with Crippen molar-refractivity contribution in [1.29, 1.82) is 5.26 Å². The zero-order valence-corrected chi connectivity index (χ0v) is 12.1. The number of benzene rings is 1. The van der Waals surface area contributed by atoms with Crippen molar-refractivity contribution < 1.29 is 13.9 Å². The number of nitrogens with zero attached hydrogens (tertiary/aromatic N) is 1. The van der Waals surface area contributed by atoms with Gasteiger partial charge >= 0.3 is 5.97 Å². The highest BCUT2D eigenvalue weighted by Crippen LogP contribution is 2.26. The molecule has 0 aromatic heterocycles. The smallest absolute Gasteiger partial charge is 0.305 e. The molecule has 0 bridgehead atoms. The van der Waals surface area contributed by atoms with Gasteiger partial charge in [0.15, 0.2) is 5.82 Å². The van der Waals surface area contributed by atoms with Crippen LogP contribution in [0.4, 0.5) is 10.1 Å². The lowest BCUT2D eigenvalue weighted by Gasteiger charge is -2.09. The Kier molecular flexibility index (Phi) is 6.30. The van der Waals surface area contributed by atoms with Crippen molar-refractivity contribution in [2.24, 2.45) is 0 Å². The Hall–Kier alpha value is -1.61. The monoisotopic (exact) mass is 328 g/mol. The topological polar surface area (TPSA) is 62.1 Å². The molecule has 1 rings (SSSR count). The molecule has 0 aliphatic heterocycles. The summed E-state index contributed by atoms with van der Waals surface area (Å²) >= 11 is 3.03. The van der Waals surface area contributed by atoms with Crippen LogP contribution in [0.3, 0.4) is 0 Å². The molecule has 0 spiro atoms. The predicted octanol–water partition coefficient (Wildman–Crippen LogP) is 3.22. The third-order valence-electron chi connectivity index (χ3n) is 2.38. The molecule has 0 radical (unpaired) electrons. The highest BCUT2D eigenvalue weighted by molar-refractivity contribution is 9.10. The number of rotatable bonds is 6. The number of anilines is 1. The molecule has 0 amide bonds. The third-order valence-corrected chi connectivity index (χ3v) is 3.16. The molecule has 1 aromatic rings. The number of nitriles is 1. The Labute approximate surface area is 119 Å². The number of carbonyl (C=O) groups is 1. The van der Waals surface area contributed by atoms with Gasteiger partial charge in [0.1, 0.15) is 6.07 Å². The number of halogens is 2. The van der Waals surface area contributed by atoms with E-state index in [-0.39, 0.29) is 16.0 Å². The van der Waals surface area contributed by atoms with Gasteiger partial charge in [-0.3, -0.25) is 4.79 Å². The maximum Gasteiger partial charge on any atom is 0.305 e. The van der Waals surface area contributed by atoms with Crippen LogP contribution in [-0.2, 0) is 9.53 Å². The second-order valence-electron chi connectivity index (χ2n) is 3.74. The van der Waals surface area contributed by atoms with Crippen LogP contribution in [0, 0.1) is 17.1 Å². The number of ether oxygens (including phenoxy) is 1. The first kappa shape index (κ1) is 15.4. The number of esters is 1. The second kappa shape index (κ2) is 7.74. The minimum atomic E-state index is -0.504. The maximum absolute atomic E-state index is 13.8. The Balaban J connectivity index is 2.49. The van der Waals surface area contributed by atoms with Gasteiger partial charge in [0.25, 0.3) is 0 Å². The second-order valence-corrected chi connectivity index (χ2v) is 4.53. The lowest BCUT2D eigenvalue weighted by molar-refractivity contribution is -0.143. The normalized spacial score (nSPS) is 9.79. The number of carbonyl (C=O) groups excluding carboxylic acids is 1. The first-order chi connectivity index (χ1) is 9.10. The van der Waals surface area contributed by atoms with Crippen molar-refractivity contribution in [3.8, 4) is 6.07 Å². The highest BCUT2D eigenvalue weighted by atomic mass is 79.9. The van der Waals surface area contributed by atoms with Crippen molar-refractivity contribution in [2.45, 2.75) is 19.8 Å². The molecule has 4 nitrogen and oxygen atoms in total. The van der Waals surface area contributed by atoms with E-state index < -0.39 is 5.82 Å². The zero-order chi connectivity index (χ0) is 14.3. The molecule has 0 atom stereocenters. The minimum Gasteiger partial charge on any atom is -0.466 e. The summed E-state index contributed by atoms with van der Waals surface area (Å²) in [5.41, 5.74) is 0.546. The van der Waals surface area contributed by atoms with Gasteiger partial charge in [-0.05, 0) is 41.4 Å². The molecule has 102 valence electrons. The quantitative estimate of drug-likeness (QED) is 0.643. The van der Waals surface area contributed by atoms with Gasteiger partial charge in [-0.2, -0.15) is 5.26 Å². The summed E-state index contributed by atoms with van der Waals surface area (Å²) in [7, 11) is 0. The molecule has 19 heavy (non-hydrogen) atoms. The summed E-state index contributed by atoms with van der Waals surface area (Å²) in [4.78, 5) is 11.1. The summed E-state index contributed by atoms with van der Waals surface area (Å²) in [6, 6.07) is 4.92. The van der Waals surface area contributed by atoms with Crippen LogP contribution in [-0.4, -0.2) is 19.1 Å². The lowest BCUT2D eigenvalue weighted by atomic mass is 10.2. The summed E-state index contributed by atoms with van der Waals surface area (Å²) in [5, 5.41) is 11.6. The SMILES string of the molecule is CCOC(=O)CCCNc1ccc(C#N)c(Br)c1F. The lowest BCUT2D eigenvalue weighted by Crippen LogP contribution is -2.09. The van der Waals surface area contributed by atoms with Crippen LogP contribution in [0.5, 0.6) is 0 Å². The van der Waals surface area contributed by atoms with Gasteiger partial charge in [-0.15, -0.1) is 0 Å². The van der Waals surface area contributed by atoms with Gasteiger partial charge in [0.2, 0.25) is 0 Å². The molecule has 0 heterocycles. The van der Waals surface area contributed by atoms with E-state index in [1.54, 1.807) is 6.92 Å². The first-order valence-electron chi connectivity index (χ1n) is 5.87. The fourth-order valence-electron chi connectivity index (χ4n) is 1.46. The van der Waals surface area contributed by atoms with Gasteiger partial charge < -0.3 is 10.1 Å². The van der Waals surface area contributed by atoms with Crippen molar-refractivity contribution in [3.05, 3.63) is 28.0 Å². The van der Waals surface area contributed by atoms with Crippen LogP contribution in [0.1, 0.15) is 25.3 Å². The van der Waals surface area contributed by atoms with Crippen LogP contribution in [0.25, 0.3) is 0 Å². The van der Waals surface area contributed by atoms with E-state index >= 15 is 0 Å². The van der Waals surface area contributed by atoms with Crippen molar-refractivity contribution >= 4 is 27.6 Å². The maximum atomic E-state index is 13.8. The van der Waals surface area contributed by atoms with Crippen LogP contribution >= 0.6 is 15.9 Å². The van der Waals surface area contributed by atoms with Gasteiger partial charge in [-0.25, -0.2) is 4.39 Å². The molecule has 0 unspecified atom stereocenters. The van der Waals surface area contributed by atoms with Crippen molar-refractivity contribution in [1.82, 2.24) is 0 Å². The average Bonchev–Trinajstić information content (AvgIpc) is 2.40. The standard InChI is InChI=1S/C13H14BrFN2O2/c1-2-19-11(18)4-3-7-17-10-6-5-9(8-16)12(14)13(10)15/h5-6,17H,2-4,7H2,1H3. The first-order valence-corrected chi connectivity index (χ1v) is 6.67. The summed E-state index contributed by atoms with van der Waals surface area (Å²) in [6.45, 7) is 2.57. The summed E-state index contributed by atoms with van der Waals surface area (Å²) in [5.74, 6) is -0.763. The average molecular weight is 329 g/mol. The summed E-state index contributed by atoms with van der Waals surface area (Å²) in [6.07, 6.45) is 0.843. The fourth-order valence-corrected chi connectivity index (χ4v) is 1.90. The molecule has 0 aliphatic rings. The van der Waals surface area contributed by atoms with Crippen molar-refractivity contribution in [3.63, 3.8) is 0 Å². The number of nitrogens with one attached hydrogen (secondary N) is 1.